The third kappa shape index (κ3) is 4.58. The van der Waals surface area contributed by atoms with Crippen molar-refractivity contribution >= 4 is 38.2 Å². The lowest BCUT2D eigenvalue weighted by Crippen LogP contribution is -2.32. The van der Waals surface area contributed by atoms with Gasteiger partial charge in [0.05, 0.1) is 5.69 Å². The fraction of sp³-hybridized carbons (Fsp3) is 0.522. The van der Waals surface area contributed by atoms with Gasteiger partial charge >= 0.3 is 0 Å². The maximum Gasteiger partial charge on any atom is 0.136 e. The zero-order valence-electron chi connectivity index (χ0n) is 17.7. The van der Waals surface area contributed by atoms with E-state index < -0.39 is 0 Å². The Balaban J connectivity index is 1.87. The molecule has 0 amide bonds. The monoisotopic (exact) mass is 444 g/mol. The lowest BCUT2D eigenvalue weighted by molar-refractivity contribution is 0.302. The molecule has 0 N–H and O–H groups in total. The molecule has 0 fully saturated rings. The molecule has 0 atom stereocenters. The van der Waals surface area contributed by atoms with Gasteiger partial charge in [0, 0.05) is 28.5 Å². The fourth-order valence-corrected chi connectivity index (χ4v) is 4.45. The number of hydrogen-bond acceptors (Lipinski definition) is 3. The molecule has 0 radical (unpaired) electrons. The highest BCUT2D eigenvalue weighted by atomic mass is 79.9. The molecule has 3 rings (SSSR count). The van der Waals surface area contributed by atoms with Crippen molar-refractivity contribution in [3.05, 3.63) is 40.4 Å². The first-order valence-corrected chi connectivity index (χ1v) is 11.3. The summed E-state index contributed by atoms with van der Waals surface area (Å²) in [4.78, 5) is 12.2. The number of rotatable bonds is 10. The van der Waals surface area contributed by atoms with E-state index in [9.17, 15) is 0 Å². The lowest BCUT2D eigenvalue weighted by Gasteiger charge is -2.24. The number of halogens is 1. The minimum atomic E-state index is 0.867. The minimum absolute atomic E-state index is 0.867. The van der Waals surface area contributed by atoms with Crippen LogP contribution in [0.1, 0.15) is 32.3 Å². The molecule has 0 bridgehead atoms. The quantitative estimate of drug-likeness (QED) is 0.488. The molecule has 1 aliphatic rings. The van der Waals surface area contributed by atoms with E-state index in [-0.39, 0.29) is 0 Å². The zero-order chi connectivity index (χ0) is 20.1. The third-order valence-electron chi connectivity index (χ3n) is 5.53. The molecule has 0 saturated heterocycles. The topological polar surface area (TPSA) is 22.1 Å². The standard InChI is InChI=1S/C23H33BrN4/c1-5-27(6-2)16-9-17-28-21-13-12-20(24)18-10-7-11-19(22(18)21)23(28)25-14-8-15-26(3)4/h7,10-13H,5-6,8-9,14-17H2,1-4H3. The average Bonchev–Trinajstić information content (AvgIpc) is 2.99. The summed E-state index contributed by atoms with van der Waals surface area (Å²) in [7, 11) is 4.24. The Morgan fingerprint density at radius 3 is 2.50 bits per heavy atom. The zero-order valence-corrected chi connectivity index (χ0v) is 19.3. The fourth-order valence-electron chi connectivity index (χ4n) is 3.98. The second kappa shape index (κ2) is 9.86. The second-order valence-electron chi connectivity index (χ2n) is 7.69. The summed E-state index contributed by atoms with van der Waals surface area (Å²) >= 11 is 3.73. The normalized spacial score (nSPS) is 15.0. The summed E-state index contributed by atoms with van der Waals surface area (Å²) in [6.07, 6.45) is 2.23. The van der Waals surface area contributed by atoms with Crippen LogP contribution >= 0.6 is 15.9 Å². The highest BCUT2D eigenvalue weighted by Gasteiger charge is 2.28. The van der Waals surface area contributed by atoms with Crippen LogP contribution in [-0.4, -0.2) is 69.0 Å². The van der Waals surface area contributed by atoms with Gasteiger partial charge in [0.2, 0.25) is 0 Å². The van der Waals surface area contributed by atoms with Gasteiger partial charge in [-0.25, -0.2) is 0 Å². The lowest BCUT2D eigenvalue weighted by atomic mass is 10.1. The molecule has 0 aliphatic carbocycles. The van der Waals surface area contributed by atoms with E-state index in [1.807, 2.05) is 0 Å². The predicted molar refractivity (Wildman–Crippen MR) is 126 cm³/mol. The van der Waals surface area contributed by atoms with Crippen molar-refractivity contribution in [3.63, 3.8) is 0 Å². The van der Waals surface area contributed by atoms with Gasteiger partial charge in [-0.2, -0.15) is 0 Å². The summed E-state index contributed by atoms with van der Waals surface area (Å²) in [5, 5.41) is 2.62. The Bertz CT molecular complexity index is 827. The second-order valence-corrected chi connectivity index (χ2v) is 8.54. The van der Waals surface area contributed by atoms with Gasteiger partial charge < -0.3 is 14.7 Å². The molecular formula is C23H33BrN4. The van der Waals surface area contributed by atoms with Gasteiger partial charge in [-0.1, -0.05) is 48.0 Å². The average molecular weight is 445 g/mol. The van der Waals surface area contributed by atoms with Gasteiger partial charge in [-0.05, 0) is 70.6 Å². The van der Waals surface area contributed by atoms with Gasteiger partial charge in [-0.15, -0.1) is 0 Å². The maximum atomic E-state index is 5.07. The number of anilines is 1. The Morgan fingerprint density at radius 1 is 1.00 bits per heavy atom. The molecule has 0 aromatic heterocycles. The van der Waals surface area contributed by atoms with Crippen molar-refractivity contribution in [2.75, 3.05) is 58.3 Å². The number of hydrogen-bond donors (Lipinski definition) is 0. The molecule has 5 heteroatoms. The molecule has 4 nitrogen and oxygen atoms in total. The largest absolute Gasteiger partial charge is 0.326 e. The van der Waals surface area contributed by atoms with Crippen LogP contribution in [0.15, 0.2) is 39.8 Å². The molecule has 152 valence electrons. The van der Waals surface area contributed by atoms with E-state index >= 15 is 0 Å². The van der Waals surface area contributed by atoms with Crippen LogP contribution in [0.5, 0.6) is 0 Å². The van der Waals surface area contributed by atoms with Crippen molar-refractivity contribution in [3.8, 4) is 0 Å². The van der Waals surface area contributed by atoms with Crippen molar-refractivity contribution < 1.29 is 0 Å². The summed E-state index contributed by atoms with van der Waals surface area (Å²) in [6, 6.07) is 11.0. The van der Waals surface area contributed by atoms with Gasteiger partial charge in [0.15, 0.2) is 0 Å². The van der Waals surface area contributed by atoms with E-state index in [1.165, 1.54) is 22.0 Å². The predicted octanol–water partition coefficient (Wildman–Crippen LogP) is 4.85. The summed E-state index contributed by atoms with van der Waals surface area (Å²) in [6.45, 7) is 10.8. The van der Waals surface area contributed by atoms with E-state index in [1.54, 1.807) is 0 Å². The Hall–Kier alpha value is -1.43. The first-order valence-electron chi connectivity index (χ1n) is 10.5. The van der Waals surface area contributed by atoms with Crippen molar-refractivity contribution in [1.82, 2.24) is 9.80 Å². The summed E-state index contributed by atoms with van der Waals surface area (Å²) in [5.41, 5.74) is 2.58. The smallest absolute Gasteiger partial charge is 0.136 e. The molecule has 0 unspecified atom stereocenters. The van der Waals surface area contributed by atoms with Crippen LogP contribution in [0, 0.1) is 0 Å². The summed E-state index contributed by atoms with van der Waals surface area (Å²) in [5.74, 6) is 1.15. The highest BCUT2D eigenvalue weighted by Crippen LogP contribution is 2.40. The molecule has 2 aromatic rings. The van der Waals surface area contributed by atoms with Crippen LogP contribution in [-0.2, 0) is 0 Å². The molecule has 28 heavy (non-hydrogen) atoms. The first-order chi connectivity index (χ1) is 13.6. The highest BCUT2D eigenvalue weighted by molar-refractivity contribution is 9.10. The van der Waals surface area contributed by atoms with Gasteiger partial charge in [-0.3, -0.25) is 4.99 Å². The van der Waals surface area contributed by atoms with Crippen LogP contribution in [0.2, 0.25) is 0 Å². The van der Waals surface area contributed by atoms with E-state index in [0.29, 0.717) is 0 Å². The number of amidine groups is 1. The number of nitrogens with zero attached hydrogens (tertiary/aromatic N) is 4. The maximum absolute atomic E-state index is 5.07. The Kier molecular flexibility index (Phi) is 7.49. The van der Waals surface area contributed by atoms with Gasteiger partial charge in [0.25, 0.3) is 0 Å². The SMILES string of the molecule is CCN(CC)CCCN1C(=NCCCN(C)C)c2cccc3c(Br)ccc1c23. The molecule has 0 spiro atoms. The van der Waals surface area contributed by atoms with Gasteiger partial charge in [0.1, 0.15) is 5.84 Å². The molecule has 1 heterocycles. The molecule has 2 aromatic carbocycles. The van der Waals surface area contributed by atoms with Crippen LogP contribution in [0.3, 0.4) is 0 Å². The van der Waals surface area contributed by atoms with Crippen molar-refractivity contribution in [1.29, 1.82) is 0 Å². The van der Waals surface area contributed by atoms with E-state index in [2.05, 4.69) is 88.9 Å². The van der Waals surface area contributed by atoms with E-state index in [0.717, 1.165) is 62.4 Å². The minimum Gasteiger partial charge on any atom is -0.326 e. The van der Waals surface area contributed by atoms with Crippen molar-refractivity contribution in [2.45, 2.75) is 26.7 Å². The number of aliphatic imine (C=N–C) groups is 1. The third-order valence-corrected chi connectivity index (χ3v) is 6.22. The summed E-state index contributed by atoms with van der Waals surface area (Å²) < 4.78 is 1.16. The molecule has 0 saturated carbocycles. The van der Waals surface area contributed by atoms with E-state index in [4.69, 9.17) is 4.99 Å². The Morgan fingerprint density at radius 2 is 1.79 bits per heavy atom. The van der Waals surface area contributed by atoms with Crippen LogP contribution in [0.25, 0.3) is 10.8 Å². The first kappa shape index (κ1) is 21.3. The van der Waals surface area contributed by atoms with Crippen LogP contribution in [0.4, 0.5) is 5.69 Å². The number of benzene rings is 2. The molecular weight excluding hydrogens is 412 g/mol. The Labute approximate surface area is 178 Å². The van der Waals surface area contributed by atoms with Crippen molar-refractivity contribution in [2.24, 2.45) is 4.99 Å². The molecule has 1 aliphatic heterocycles. The van der Waals surface area contributed by atoms with Crippen LogP contribution < -0.4 is 4.90 Å².